The molecule has 0 amide bonds. The number of methoxy groups -OCH3 is 1. The van der Waals surface area contributed by atoms with Gasteiger partial charge in [-0.05, 0) is 68.8 Å². The summed E-state index contributed by atoms with van der Waals surface area (Å²) in [6, 6.07) is 16.0. The summed E-state index contributed by atoms with van der Waals surface area (Å²) < 4.78 is 9.56. The normalized spacial score (nSPS) is 11.5. The maximum absolute atomic E-state index is 6.25. The molecule has 0 aliphatic heterocycles. The Morgan fingerprint density at radius 2 is 1.52 bits per heavy atom. The highest BCUT2D eigenvalue weighted by atomic mass is 35.5. The Morgan fingerprint density at radius 3 is 2.19 bits per heavy atom. The molecule has 0 aliphatic rings. The molecule has 2 aromatic carbocycles. The second kappa shape index (κ2) is 7.33. The fourth-order valence-corrected chi connectivity index (χ4v) is 4.78. The van der Waals surface area contributed by atoms with E-state index in [-0.39, 0.29) is 0 Å². The van der Waals surface area contributed by atoms with E-state index in [9.17, 15) is 0 Å². The fraction of sp³-hybridized carbons (Fsp3) is 0.160. The van der Waals surface area contributed by atoms with E-state index in [1.807, 2.05) is 41.0 Å². The van der Waals surface area contributed by atoms with E-state index >= 15 is 0 Å². The molecule has 0 spiro atoms. The quantitative estimate of drug-likeness (QED) is 0.291. The summed E-state index contributed by atoms with van der Waals surface area (Å²) in [6.45, 7) is 6.36. The summed E-state index contributed by atoms with van der Waals surface area (Å²) in [4.78, 5) is 0. The van der Waals surface area contributed by atoms with Gasteiger partial charge >= 0.3 is 0 Å². The Bertz CT molecular complexity index is 1460. The molecule has 0 radical (unpaired) electrons. The molecular weight excluding hydrogens is 429 g/mol. The van der Waals surface area contributed by atoms with Crippen molar-refractivity contribution in [2.45, 2.75) is 20.8 Å². The first-order valence-corrected chi connectivity index (χ1v) is 10.7. The van der Waals surface area contributed by atoms with E-state index in [2.05, 4.69) is 43.5 Å². The number of aryl methyl sites for hydroxylation is 3. The molecule has 3 heterocycles. The molecule has 0 saturated carbocycles. The molecule has 6 heteroatoms. The highest BCUT2D eigenvalue weighted by molar-refractivity contribution is 6.42. The van der Waals surface area contributed by atoms with Crippen LogP contribution in [-0.2, 0) is 0 Å². The van der Waals surface area contributed by atoms with Gasteiger partial charge in [-0.25, -0.2) is 4.52 Å². The Balaban J connectivity index is 1.77. The van der Waals surface area contributed by atoms with Crippen LogP contribution in [0.4, 0.5) is 0 Å². The van der Waals surface area contributed by atoms with Crippen LogP contribution >= 0.6 is 23.2 Å². The second-order valence-corrected chi connectivity index (χ2v) is 8.54. The van der Waals surface area contributed by atoms with Crippen LogP contribution in [0.5, 0.6) is 5.75 Å². The third-order valence-corrected chi connectivity index (χ3v) is 6.64. The number of ether oxygens (including phenoxy) is 1. The second-order valence-electron chi connectivity index (χ2n) is 7.73. The molecule has 0 aliphatic carbocycles. The van der Waals surface area contributed by atoms with E-state index in [1.54, 1.807) is 7.11 Å². The fourth-order valence-electron chi connectivity index (χ4n) is 4.48. The Kier molecular flexibility index (Phi) is 4.72. The Morgan fingerprint density at radius 1 is 0.806 bits per heavy atom. The first-order chi connectivity index (χ1) is 14.9. The van der Waals surface area contributed by atoms with Crippen LogP contribution in [0.2, 0.25) is 10.0 Å². The molecular formula is C25H21Cl2N3O. The molecule has 0 bridgehead atoms. The average molecular weight is 450 g/mol. The van der Waals surface area contributed by atoms with Crippen molar-refractivity contribution < 1.29 is 4.74 Å². The number of hydrogen-bond acceptors (Lipinski definition) is 2. The molecule has 0 N–H and O–H groups in total. The molecule has 3 aromatic heterocycles. The van der Waals surface area contributed by atoms with E-state index < -0.39 is 0 Å². The zero-order valence-corrected chi connectivity index (χ0v) is 19.2. The lowest BCUT2D eigenvalue weighted by molar-refractivity contribution is 0.414. The summed E-state index contributed by atoms with van der Waals surface area (Å²) in [5, 5.41) is 8.32. The average Bonchev–Trinajstić information content (AvgIpc) is 3.29. The van der Waals surface area contributed by atoms with Crippen LogP contribution in [0.15, 0.2) is 54.7 Å². The minimum atomic E-state index is 0.543. The molecule has 0 saturated heterocycles. The lowest BCUT2D eigenvalue weighted by Gasteiger charge is -2.10. The zero-order chi connectivity index (χ0) is 21.9. The van der Waals surface area contributed by atoms with Crippen molar-refractivity contribution in [2.24, 2.45) is 0 Å². The number of nitrogens with zero attached hydrogens (tertiary/aromatic N) is 3. The number of rotatable bonds is 3. The van der Waals surface area contributed by atoms with Gasteiger partial charge in [-0.1, -0.05) is 29.3 Å². The lowest BCUT2D eigenvalue weighted by Crippen LogP contribution is -1.98. The van der Waals surface area contributed by atoms with Crippen LogP contribution in [0, 0.1) is 20.8 Å². The van der Waals surface area contributed by atoms with Crippen molar-refractivity contribution in [3.05, 3.63) is 81.9 Å². The molecule has 4 nitrogen and oxygen atoms in total. The monoisotopic (exact) mass is 449 g/mol. The number of aromatic nitrogens is 3. The number of halogens is 2. The summed E-state index contributed by atoms with van der Waals surface area (Å²) in [5.41, 5.74) is 7.55. The summed E-state index contributed by atoms with van der Waals surface area (Å²) in [6.07, 6.45) is 2.04. The highest BCUT2D eigenvalue weighted by Gasteiger charge is 2.19. The lowest BCUT2D eigenvalue weighted by atomic mass is 10.1. The molecule has 5 aromatic rings. The van der Waals surface area contributed by atoms with E-state index in [0.29, 0.717) is 10.0 Å². The summed E-state index contributed by atoms with van der Waals surface area (Å²) in [5.74, 6) is 0.842. The first kappa shape index (κ1) is 20.0. The third kappa shape index (κ3) is 3.10. The van der Waals surface area contributed by atoms with Gasteiger partial charge in [0.1, 0.15) is 5.75 Å². The van der Waals surface area contributed by atoms with Crippen molar-refractivity contribution >= 4 is 39.5 Å². The van der Waals surface area contributed by atoms with Crippen LogP contribution < -0.4 is 4.74 Å². The number of benzene rings is 2. The molecule has 31 heavy (non-hydrogen) atoms. The predicted octanol–water partition coefficient (Wildman–Crippen LogP) is 7.19. The van der Waals surface area contributed by atoms with Crippen LogP contribution in [0.3, 0.4) is 0 Å². The van der Waals surface area contributed by atoms with Crippen LogP contribution in [0.25, 0.3) is 33.1 Å². The third-order valence-electron chi connectivity index (χ3n) is 5.90. The van der Waals surface area contributed by atoms with Crippen molar-refractivity contribution in [3.63, 3.8) is 0 Å². The smallest absolute Gasteiger partial charge is 0.119 e. The minimum Gasteiger partial charge on any atom is -0.497 e. The Labute approximate surface area is 190 Å². The molecule has 5 rings (SSSR count). The number of fused-ring (bicyclic) bond motifs is 3. The van der Waals surface area contributed by atoms with Crippen molar-refractivity contribution in [3.8, 4) is 22.6 Å². The van der Waals surface area contributed by atoms with E-state index in [4.69, 9.17) is 33.0 Å². The van der Waals surface area contributed by atoms with Gasteiger partial charge in [0.15, 0.2) is 0 Å². The van der Waals surface area contributed by atoms with Crippen LogP contribution in [0.1, 0.15) is 17.1 Å². The number of hydrogen-bond donors (Lipinski definition) is 0. The summed E-state index contributed by atoms with van der Waals surface area (Å²) >= 11 is 12.4. The van der Waals surface area contributed by atoms with Gasteiger partial charge in [0, 0.05) is 39.6 Å². The maximum atomic E-state index is 6.25. The van der Waals surface area contributed by atoms with Gasteiger partial charge in [-0.15, -0.1) is 0 Å². The Hall–Kier alpha value is -2.95. The van der Waals surface area contributed by atoms with Gasteiger partial charge in [-0.3, -0.25) is 0 Å². The highest BCUT2D eigenvalue weighted by Crippen LogP contribution is 2.36. The standard InChI is InChI=1S/C25H21Cl2N3O/c1-14-24-15(2)30(19-6-8-20(31-4)9-7-19)16(3)25(24)23-12-18(13-29(23)28-14)17-5-10-21(26)22(27)11-17/h5-13H,1-4H3. The molecule has 0 atom stereocenters. The van der Waals surface area contributed by atoms with Gasteiger partial charge in [0.25, 0.3) is 0 Å². The maximum Gasteiger partial charge on any atom is 0.119 e. The van der Waals surface area contributed by atoms with Crippen molar-refractivity contribution in [1.82, 2.24) is 14.2 Å². The SMILES string of the molecule is COc1ccc(-n2c(C)c3c(C)nn4cc(-c5ccc(Cl)c(Cl)c5)cc4c3c2C)cc1. The van der Waals surface area contributed by atoms with Gasteiger partial charge in [0.2, 0.25) is 0 Å². The van der Waals surface area contributed by atoms with Crippen molar-refractivity contribution in [2.75, 3.05) is 7.11 Å². The minimum absolute atomic E-state index is 0.543. The first-order valence-electron chi connectivity index (χ1n) is 9.99. The topological polar surface area (TPSA) is 31.5 Å². The largest absolute Gasteiger partial charge is 0.497 e. The predicted molar refractivity (Wildman–Crippen MR) is 128 cm³/mol. The van der Waals surface area contributed by atoms with E-state index in [1.165, 1.54) is 22.2 Å². The van der Waals surface area contributed by atoms with E-state index in [0.717, 1.165) is 33.8 Å². The van der Waals surface area contributed by atoms with Gasteiger partial charge in [-0.2, -0.15) is 5.10 Å². The molecule has 156 valence electrons. The van der Waals surface area contributed by atoms with Gasteiger partial charge < -0.3 is 9.30 Å². The van der Waals surface area contributed by atoms with Gasteiger partial charge in [0.05, 0.1) is 28.4 Å². The van der Waals surface area contributed by atoms with Crippen LogP contribution in [-0.4, -0.2) is 21.3 Å². The molecule has 0 unspecified atom stereocenters. The van der Waals surface area contributed by atoms with Crippen molar-refractivity contribution in [1.29, 1.82) is 0 Å². The zero-order valence-electron chi connectivity index (χ0n) is 17.7. The summed E-state index contributed by atoms with van der Waals surface area (Å²) in [7, 11) is 1.68. The molecule has 0 fully saturated rings.